The topological polar surface area (TPSA) is 53.0 Å². The molecule has 2 saturated heterocycles. The number of ether oxygens (including phenoxy) is 1. The molecule has 1 amide bonds. The van der Waals surface area contributed by atoms with E-state index in [2.05, 4.69) is 17.9 Å². The molecule has 27 heavy (non-hydrogen) atoms. The van der Waals surface area contributed by atoms with Crippen molar-refractivity contribution >= 4 is 5.91 Å². The highest BCUT2D eigenvalue weighted by Gasteiger charge is 2.33. The number of hydrogen-bond donors (Lipinski definition) is 1. The smallest absolute Gasteiger partial charge is 0.260 e. The molecule has 150 valence electrons. The summed E-state index contributed by atoms with van der Waals surface area (Å²) < 4.78 is 5.93. The molecule has 5 heteroatoms. The number of piperidine rings is 2. The first kappa shape index (κ1) is 20.2. The van der Waals surface area contributed by atoms with Crippen molar-refractivity contribution in [1.29, 1.82) is 0 Å². The summed E-state index contributed by atoms with van der Waals surface area (Å²) in [6.45, 7) is 7.02. The van der Waals surface area contributed by atoms with Crippen LogP contribution < -0.4 is 4.74 Å². The van der Waals surface area contributed by atoms with Gasteiger partial charge in [0.1, 0.15) is 5.75 Å². The molecular weight excluding hydrogens is 340 g/mol. The summed E-state index contributed by atoms with van der Waals surface area (Å²) in [6, 6.07) is 8.03. The second-order valence-corrected chi connectivity index (χ2v) is 8.16. The zero-order valence-corrected chi connectivity index (χ0v) is 16.7. The Kier molecular flexibility index (Phi) is 7.13. The third-order valence-electron chi connectivity index (χ3n) is 6.25. The van der Waals surface area contributed by atoms with Crippen molar-refractivity contribution in [2.45, 2.75) is 52.0 Å². The first-order chi connectivity index (χ1) is 13.2. The highest BCUT2D eigenvalue weighted by Crippen LogP contribution is 2.34. The summed E-state index contributed by atoms with van der Waals surface area (Å²) in [6.07, 6.45) is 6.63. The van der Waals surface area contributed by atoms with E-state index in [4.69, 9.17) is 4.74 Å². The van der Waals surface area contributed by atoms with E-state index in [9.17, 15) is 9.90 Å². The Balaban J connectivity index is 1.59. The summed E-state index contributed by atoms with van der Waals surface area (Å²) in [5.74, 6) is 0.896. The molecule has 2 fully saturated rings. The zero-order valence-electron chi connectivity index (χ0n) is 16.7. The van der Waals surface area contributed by atoms with Crippen LogP contribution in [-0.4, -0.2) is 60.2 Å². The molecule has 0 aromatic heterocycles. The van der Waals surface area contributed by atoms with Crippen molar-refractivity contribution in [1.82, 2.24) is 9.80 Å². The van der Waals surface area contributed by atoms with Crippen LogP contribution in [0.15, 0.2) is 24.3 Å². The average Bonchev–Trinajstić information content (AvgIpc) is 2.73. The Morgan fingerprint density at radius 2 is 1.93 bits per heavy atom. The lowest BCUT2D eigenvalue weighted by Crippen LogP contribution is -2.44. The second-order valence-electron chi connectivity index (χ2n) is 8.16. The van der Waals surface area contributed by atoms with E-state index in [-0.39, 0.29) is 24.5 Å². The van der Waals surface area contributed by atoms with E-state index < -0.39 is 0 Å². The van der Waals surface area contributed by atoms with E-state index >= 15 is 0 Å². The predicted octanol–water partition coefficient (Wildman–Crippen LogP) is 3.06. The van der Waals surface area contributed by atoms with Gasteiger partial charge < -0.3 is 14.7 Å². The van der Waals surface area contributed by atoms with Crippen molar-refractivity contribution in [3.63, 3.8) is 0 Å². The molecule has 2 heterocycles. The highest BCUT2D eigenvalue weighted by atomic mass is 16.5. The van der Waals surface area contributed by atoms with Crippen LogP contribution in [0, 0.1) is 5.41 Å². The highest BCUT2D eigenvalue weighted by molar-refractivity contribution is 5.77. The molecule has 3 rings (SSSR count). The van der Waals surface area contributed by atoms with Gasteiger partial charge in [-0.15, -0.1) is 0 Å². The average molecular weight is 375 g/mol. The number of nitrogens with zero attached hydrogens (tertiary/aromatic N) is 2. The van der Waals surface area contributed by atoms with Gasteiger partial charge in [-0.1, -0.05) is 25.1 Å². The Labute approximate surface area is 163 Å². The number of likely N-dealkylation sites (tertiary alicyclic amines) is 2. The minimum atomic E-state index is 0.0261. The van der Waals surface area contributed by atoms with Crippen LogP contribution in [-0.2, 0) is 11.3 Å². The summed E-state index contributed by atoms with van der Waals surface area (Å²) in [4.78, 5) is 16.7. The molecule has 0 unspecified atom stereocenters. The molecule has 0 saturated carbocycles. The van der Waals surface area contributed by atoms with Gasteiger partial charge in [0.25, 0.3) is 5.91 Å². The van der Waals surface area contributed by atoms with Crippen molar-refractivity contribution < 1.29 is 14.6 Å². The van der Waals surface area contributed by atoms with Crippen LogP contribution in [0.3, 0.4) is 0 Å². The first-order valence-corrected chi connectivity index (χ1v) is 10.5. The van der Waals surface area contributed by atoms with Crippen LogP contribution >= 0.6 is 0 Å². The fourth-order valence-electron chi connectivity index (χ4n) is 4.36. The van der Waals surface area contributed by atoms with Gasteiger partial charge in [-0.05, 0) is 51.1 Å². The van der Waals surface area contributed by atoms with Gasteiger partial charge in [-0.25, -0.2) is 0 Å². The molecular formula is C22H34N2O3. The number of rotatable bonds is 7. The van der Waals surface area contributed by atoms with E-state index in [1.165, 1.54) is 6.42 Å². The Hall–Kier alpha value is -1.59. The van der Waals surface area contributed by atoms with Crippen LogP contribution in [0.2, 0.25) is 0 Å². The van der Waals surface area contributed by atoms with Crippen molar-refractivity contribution in [3.05, 3.63) is 29.8 Å². The second kappa shape index (κ2) is 9.56. The van der Waals surface area contributed by atoms with Gasteiger partial charge in [-0.3, -0.25) is 9.69 Å². The number of amides is 1. The van der Waals surface area contributed by atoms with Crippen LogP contribution in [0.1, 0.15) is 51.0 Å². The third kappa shape index (κ3) is 5.23. The molecule has 0 aliphatic carbocycles. The van der Waals surface area contributed by atoms with Crippen molar-refractivity contribution in [2.24, 2.45) is 5.41 Å². The lowest BCUT2D eigenvalue weighted by Gasteiger charge is -2.41. The summed E-state index contributed by atoms with van der Waals surface area (Å²) in [7, 11) is 0. The van der Waals surface area contributed by atoms with Gasteiger partial charge in [-0.2, -0.15) is 0 Å². The third-order valence-corrected chi connectivity index (χ3v) is 6.25. The number of hydrogen-bond acceptors (Lipinski definition) is 4. The van der Waals surface area contributed by atoms with Crippen molar-refractivity contribution in [2.75, 3.05) is 39.4 Å². The molecule has 2 aliphatic rings. The fourth-order valence-corrected chi connectivity index (χ4v) is 4.36. The minimum absolute atomic E-state index is 0.0261. The van der Waals surface area contributed by atoms with E-state index in [0.29, 0.717) is 0 Å². The SMILES string of the molecule is CC[C@]1(CO)CCCN(Cc2ccccc2OCC(=O)N2CCCCC2)C1. The van der Waals surface area contributed by atoms with Gasteiger partial charge in [0.05, 0.1) is 0 Å². The number of aliphatic hydroxyl groups is 1. The Morgan fingerprint density at radius 1 is 1.15 bits per heavy atom. The largest absolute Gasteiger partial charge is 0.483 e. The molecule has 1 atom stereocenters. The molecule has 1 aromatic rings. The predicted molar refractivity (Wildman–Crippen MR) is 107 cm³/mol. The number of carbonyl (C=O) groups excluding carboxylic acids is 1. The normalized spacial score (nSPS) is 24.0. The molecule has 5 nitrogen and oxygen atoms in total. The molecule has 0 bridgehead atoms. The van der Waals surface area contributed by atoms with Gasteiger partial charge in [0.15, 0.2) is 6.61 Å². The van der Waals surface area contributed by atoms with E-state index in [1.807, 2.05) is 23.1 Å². The summed E-state index contributed by atoms with van der Waals surface area (Å²) >= 11 is 0. The standard InChI is InChI=1S/C22H34N2O3/c1-2-22(18-25)11-8-12-23(17-22)15-19-9-4-5-10-20(19)27-16-21(26)24-13-6-3-7-14-24/h4-5,9-10,25H,2-3,6-8,11-18H2,1H3/t22-/m0/s1. The minimum Gasteiger partial charge on any atom is -0.483 e. The molecule has 0 radical (unpaired) electrons. The first-order valence-electron chi connectivity index (χ1n) is 10.5. The molecule has 1 aromatic carbocycles. The Morgan fingerprint density at radius 3 is 2.67 bits per heavy atom. The van der Waals surface area contributed by atoms with Gasteiger partial charge >= 0.3 is 0 Å². The van der Waals surface area contributed by atoms with Crippen LogP contribution in [0.5, 0.6) is 5.75 Å². The number of carbonyl (C=O) groups is 1. The number of aliphatic hydroxyl groups excluding tert-OH is 1. The number of benzene rings is 1. The molecule has 0 spiro atoms. The lowest BCUT2D eigenvalue weighted by atomic mass is 9.78. The van der Waals surface area contributed by atoms with Crippen LogP contribution in [0.4, 0.5) is 0 Å². The Bertz CT molecular complexity index is 609. The number of para-hydroxylation sites is 1. The maximum atomic E-state index is 12.4. The molecule has 2 aliphatic heterocycles. The van der Waals surface area contributed by atoms with E-state index in [1.54, 1.807) is 0 Å². The van der Waals surface area contributed by atoms with Gasteiger partial charge in [0.2, 0.25) is 0 Å². The molecule has 1 N–H and O–H groups in total. The summed E-state index contributed by atoms with van der Waals surface area (Å²) in [5, 5.41) is 9.86. The maximum Gasteiger partial charge on any atom is 0.260 e. The zero-order chi connectivity index (χ0) is 19.1. The monoisotopic (exact) mass is 374 g/mol. The quantitative estimate of drug-likeness (QED) is 0.797. The fraction of sp³-hybridized carbons (Fsp3) is 0.682. The van der Waals surface area contributed by atoms with Gasteiger partial charge in [0, 0.05) is 43.8 Å². The van der Waals surface area contributed by atoms with Crippen molar-refractivity contribution in [3.8, 4) is 5.75 Å². The van der Waals surface area contributed by atoms with E-state index in [0.717, 1.165) is 76.1 Å². The van der Waals surface area contributed by atoms with Crippen LogP contribution in [0.25, 0.3) is 0 Å². The lowest BCUT2D eigenvalue weighted by molar-refractivity contribution is -0.134. The maximum absolute atomic E-state index is 12.4. The summed E-state index contributed by atoms with van der Waals surface area (Å²) in [5.41, 5.74) is 1.15.